The fraction of sp³-hybridized carbons (Fsp3) is 0.455. The topological polar surface area (TPSA) is 100 Å². The third-order valence-electron chi connectivity index (χ3n) is 2.46. The van der Waals surface area contributed by atoms with Crippen LogP contribution in [0.2, 0.25) is 0 Å². The highest BCUT2D eigenvalue weighted by Gasteiger charge is 2.08. The number of rotatable bonds is 7. The smallest absolute Gasteiger partial charge is 0.0906 e. The lowest BCUT2D eigenvalue weighted by Gasteiger charge is -2.23. The standard InChI is InChI=1S/C11H17N3O3/c12-13-11-2-1-10(7-9(11)8-17)14(3-5-15)4-6-16/h1-2,7,12,15-17H,3-6,8H2. The SMILES string of the molecule is N=Nc1ccc(N(CCO)CCO)cc1CO. The predicted octanol–water partition coefficient (Wildman–Crippen LogP) is 0.632. The molecule has 0 radical (unpaired) electrons. The zero-order valence-corrected chi connectivity index (χ0v) is 9.50. The van der Waals surface area contributed by atoms with Gasteiger partial charge in [0.1, 0.15) is 0 Å². The molecular formula is C11H17N3O3. The molecule has 1 aromatic rings. The highest BCUT2D eigenvalue weighted by atomic mass is 16.3. The average Bonchev–Trinajstić information content (AvgIpc) is 2.37. The molecule has 0 bridgehead atoms. The number of aliphatic hydroxyl groups is 3. The molecule has 0 unspecified atom stereocenters. The maximum atomic E-state index is 9.15. The number of anilines is 1. The molecule has 0 amide bonds. The summed E-state index contributed by atoms with van der Waals surface area (Å²) in [7, 11) is 0. The second-order valence-electron chi connectivity index (χ2n) is 3.52. The first-order valence-corrected chi connectivity index (χ1v) is 5.34. The van der Waals surface area contributed by atoms with Crippen molar-refractivity contribution in [2.45, 2.75) is 6.61 Å². The largest absolute Gasteiger partial charge is 0.395 e. The Morgan fingerprint density at radius 2 is 1.76 bits per heavy atom. The van der Waals surface area contributed by atoms with E-state index in [4.69, 9.17) is 20.9 Å². The Labute approximate surface area is 99.6 Å². The van der Waals surface area contributed by atoms with Crippen molar-refractivity contribution in [3.05, 3.63) is 23.8 Å². The maximum absolute atomic E-state index is 9.15. The van der Waals surface area contributed by atoms with E-state index in [-0.39, 0.29) is 19.8 Å². The molecule has 17 heavy (non-hydrogen) atoms. The predicted molar refractivity (Wildman–Crippen MR) is 63.6 cm³/mol. The van der Waals surface area contributed by atoms with Crippen LogP contribution in [0, 0.1) is 5.53 Å². The van der Waals surface area contributed by atoms with Crippen LogP contribution in [0.1, 0.15) is 5.56 Å². The van der Waals surface area contributed by atoms with E-state index in [1.54, 1.807) is 23.1 Å². The lowest BCUT2D eigenvalue weighted by atomic mass is 10.1. The molecule has 0 saturated heterocycles. The van der Waals surface area contributed by atoms with Crippen LogP contribution >= 0.6 is 0 Å². The first kappa shape index (κ1) is 13.6. The van der Waals surface area contributed by atoms with Gasteiger partial charge in [0, 0.05) is 24.3 Å². The average molecular weight is 239 g/mol. The van der Waals surface area contributed by atoms with Crippen LogP contribution in [0.5, 0.6) is 0 Å². The van der Waals surface area contributed by atoms with E-state index in [1.807, 2.05) is 0 Å². The molecule has 0 aromatic heterocycles. The molecule has 4 N–H and O–H groups in total. The zero-order valence-electron chi connectivity index (χ0n) is 9.50. The molecule has 0 atom stereocenters. The van der Waals surface area contributed by atoms with Crippen molar-refractivity contribution in [1.29, 1.82) is 5.53 Å². The molecule has 1 rings (SSSR count). The van der Waals surface area contributed by atoms with Gasteiger partial charge in [0.15, 0.2) is 0 Å². The summed E-state index contributed by atoms with van der Waals surface area (Å²) in [6.07, 6.45) is 0. The van der Waals surface area contributed by atoms with Gasteiger partial charge >= 0.3 is 0 Å². The van der Waals surface area contributed by atoms with Crippen LogP contribution in [0.4, 0.5) is 11.4 Å². The summed E-state index contributed by atoms with van der Waals surface area (Å²) < 4.78 is 0. The zero-order chi connectivity index (χ0) is 12.7. The quantitative estimate of drug-likeness (QED) is 0.524. The molecule has 94 valence electrons. The summed E-state index contributed by atoms with van der Waals surface area (Å²) in [5, 5.41) is 30.3. The van der Waals surface area contributed by atoms with Crippen molar-refractivity contribution >= 4 is 11.4 Å². The van der Waals surface area contributed by atoms with Gasteiger partial charge in [-0.05, 0) is 18.2 Å². The van der Waals surface area contributed by atoms with Crippen molar-refractivity contribution in [2.75, 3.05) is 31.2 Å². The Hall–Kier alpha value is -1.50. The van der Waals surface area contributed by atoms with Crippen molar-refractivity contribution < 1.29 is 15.3 Å². The van der Waals surface area contributed by atoms with E-state index >= 15 is 0 Å². The van der Waals surface area contributed by atoms with Gasteiger partial charge < -0.3 is 20.2 Å². The molecule has 0 aliphatic carbocycles. The number of hydrogen-bond donors (Lipinski definition) is 4. The number of aliphatic hydroxyl groups excluding tert-OH is 3. The van der Waals surface area contributed by atoms with E-state index < -0.39 is 0 Å². The Bertz CT molecular complexity index is 365. The highest BCUT2D eigenvalue weighted by molar-refractivity contribution is 5.57. The third-order valence-corrected chi connectivity index (χ3v) is 2.46. The Morgan fingerprint density at radius 3 is 2.24 bits per heavy atom. The van der Waals surface area contributed by atoms with E-state index in [0.717, 1.165) is 5.69 Å². The molecule has 0 saturated carbocycles. The van der Waals surface area contributed by atoms with Gasteiger partial charge in [-0.25, -0.2) is 5.53 Å². The summed E-state index contributed by atoms with van der Waals surface area (Å²) in [5.74, 6) is 0. The Balaban J connectivity index is 2.98. The van der Waals surface area contributed by atoms with Crippen molar-refractivity contribution in [3.8, 4) is 0 Å². The van der Waals surface area contributed by atoms with Gasteiger partial charge in [-0.1, -0.05) is 0 Å². The molecule has 6 heteroatoms. The molecule has 0 spiro atoms. The first-order chi connectivity index (χ1) is 8.26. The number of nitrogens with one attached hydrogen (secondary N) is 1. The second-order valence-corrected chi connectivity index (χ2v) is 3.52. The fourth-order valence-electron chi connectivity index (χ4n) is 1.62. The van der Waals surface area contributed by atoms with E-state index in [2.05, 4.69) is 5.11 Å². The van der Waals surface area contributed by atoms with Crippen molar-refractivity contribution in [3.63, 3.8) is 0 Å². The van der Waals surface area contributed by atoms with E-state index in [0.29, 0.717) is 24.3 Å². The molecule has 0 aliphatic rings. The highest BCUT2D eigenvalue weighted by Crippen LogP contribution is 2.25. The van der Waals surface area contributed by atoms with Crippen LogP contribution in [-0.2, 0) is 6.61 Å². The lowest BCUT2D eigenvalue weighted by Crippen LogP contribution is -2.29. The molecule has 6 nitrogen and oxygen atoms in total. The van der Waals surface area contributed by atoms with Crippen LogP contribution in [-0.4, -0.2) is 41.6 Å². The third kappa shape index (κ3) is 3.48. The van der Waals surface area contributed by atoms with Gasteiger partial charge in [0.05, 0.1) is 25.5 Å². The molecular weight excluding hydrogens is 222 g/mol. The van der Waals surface area contributed by atoms with E-state index in [9.17, 15) is 0 Å². The number of nitrogens with zero attached hydrogens (tertiary/aromatic N) is 2. The monoisotopic (exact) mass is 239 g/mol. The van der Waals surface area contributed by atoms with Crippen molar-refractivity contribution in [1.82, 2.24) is 0 Å². The van der Waals surface area contributed by atoms with Gasteiger partial charge in [0.2, 0.25) is 0 Å². The van der Waals surface area contributed by atoms with Crippen molar-refractivity contribution in [2.24, 2.45) is 5.11 Å². The van der Waals surface area contributed by atoms with Crippen LogP contribution in [0.15, 0.2) is 23.3 Å². The molecule has 0 aliphatic heterocycles. The second kappa shape index (κ2) is 6.95. The first-order valence-electron chi connectivity index (χ1n) is 5.34. The Morgan fingerprint density at radius 1 is 1.12 bits per heavy atom. The van der Waals surface area contributed by atoms with Gasteiger partial charge in [-0.15, -0.1) is 0 Å². The van der Waals surface area contributed by atoms with Crippen LogP contribution in [0.3, 0.4) is 0 Å². The summed E-state index contributed by atoms with van der Waals surface area (Å²) in [6, 6.07) is 5.09. The normalized spacial score (nSPS) is 10.3. The summed E-state index contributed by atoms with van der Waals surface area (Å²) >= 11 is 0. The van der Waals surface area contributed by atoms with Gasteiger partial charge in [0.25, 0.3) is 0 Å². The summed E-state index contributed by atoms with van der Waals surface area (Å²) in [4.78, 5) is 1.80. The van der Waals surface area contributed by atoms with E-state index in [1.165, 1.54) is 0 Å². The van der Waals surface area contributed by atoms with Gasteiger partial charge in [-0.3, -0.25) is 0 Å². The Kier molecular flexibility index (Phi) is 5.55. The minimum absolute atomic E-state index is 0.0149. The molecule has 0 heterocycles. The maximum Gasteiger partial charge on any atom is 0.0906 e. The molecule has 0 fully saturated rings. The summed E-state index contributed by atoms with van der Waals surface area (Å²) in [5.41, 5.74) is 8.70. The van der Waals surface area contributed by atoms with Crippen LogP contribution in [0.25, 0.3) is 0 Å². The van der Waals surface area contributed by atoms with Crippen LogP contribution < -0.4 is 4.90 Å². The fourth-order valence-corrected chi connectivity index (χ4v) is 1.62. The van der Waals surface area contributed by atoms with Gasteiger partial charge in [-0.2, -0.15) is 5.11 Å². The summed E-state index contributed by atoms with van der Waals surface area (Å²) in [6.45, 7) is 0.585. The lowest BCUT2D eigenvalue weighted by molar-refractivity contribution is 0.280. The minimum atomic E-state index is -0.197. The molecule has 1 aromatic carbocycles. The number of hydrogen-bond acceptors (Lipinski definition) is 6. The number of benzene rings is 1. The minimum Gasteiger partial charge on any atom is -0.395 e.